The molecule has 4 aliphatic rings. The van der Waals surface area contributed by atoms with E-state index in [2.05, 4.69) is 34.4 Å². The van der Waals surface area contributed by atoms with E-state index in [9.17, 15) is 9.59 Å². The number of unbranched alkanes of at least 4 members (excludes halogenated alkanes) is 1. The van der Waals surface area contributed by atoms with E-state index >= 15 is 0 Å². The summed E-state index contributed by atoms with van der Waals surface area (Å²) in [5, 5.41) is 7.06. The molecule has 0 saturated carbocycles. The van der Waals surface area contributed by atoms with Crippen LogP contribution in [0.2, 0.25) is 0 Å². The van der Waals surface area contributed by atoms with Crippen molar-refractivity contribution in [2.75, 3.05) is 46.8 Å². The molecule has 4 heterocycles. The third kappa shape index (κ3) is 7.34. The molecule has 2 N–H and O–H groups in total. The summed E-state index contributed by atoms with van der Waals surface area (Å²) in [5.74, 6) is 0.677. The number of carbonyl (C=O) groups is 2. The summed E-state index contributed by atoms with van der Waals surface area (Å²) in [5.41, 5.74) is 0.411. The van der Waals surface area contributed by atoms with Crippen LogP contribution in [0.1, 0.15) is 91.4 Å². The quantitative estimate of drug-likeness (QED) is 0.669. The molecule has 0 bridgehead atoms. The van der Waals surface area contributed by atoms with Gasteiger partial charge in [0, 0.05) is 12.1 Å². The summed E-state index contributed by atoms with van der Waals surface area (Å²) in [4.78, 5) is 26.8. The number of nitrogens with zero attached hydrogens (tertiary/aromatic N) is 2. The topological polar surface area (TPSA) is 64.7 Å². The fraction of sp³-hybridized carbons (Fsp3) is 0.923. The van der Waals surface area contributed by atoms with Crippen molar-refractivity contribution in [3.05, 3.63) is 0 Å². The van der Waals surface area contributed by atoms with Crippen molar-refractivity contribution in [1.29, 1.82) is 0 Å². The Kier molecular flexibility index (Phi) is 11.3. The first-order valence-corrected chi connectivity index (χ1v) is 13.1. The zero-order valence-electron chi connectivity index (χ0n) is 21.6. The molecule has 4 rings (SSSR count). The van der Waals surface area contributed by atoms with E-state index in [4.69, 9.17) is 0 Å². The van der Waals surface area contributed by atoms with E-state index in [1.54, 1.807) is 13.8 Å². The predicted molar refractivity (Wildman–Crippen MR) is 133 cm³/mol. The third-order valence-corrected chi connectivity index (χ3v) is 8.21. The van der Waals surface area contributed by atoms with Crippen LogP contribution in [0, 0.1) is 0 Å². The van der Waals surface area contributed by atoms with Crippen molar-refractivity contribution in [3.8, 4) is 0 Å². The first kappa shape index (κ1) is 27.4. The molecule has 0 aromatic heterocycles. The van der Waals surface area contributed by atoms with Gasteiger partial charge in [-0.05, 0) is 112 Å². The average molecular weight is 451 g/mol. The number of nitrogens with one attached hydrogen (secondary N) is 2. The van der Waals surface area contributed by atoms with Gasteiger partial charge in [0.05, 0.1) is 11.6 Å². The SMILES string of the molecule is C1CNCC2(C1)CCCN2.CC(=O)C1CCCN1C.CCCCC1(C(C)=O)CCCN1C. The van der Waals surface area contributed by atoms with Gasteiger partial charge in [-0.25, -0.2) is 0 Å². The van der Waals surface area contributed by atoms with Crippen LogP contribution in [-0.2, 0) is 9.59 Å². The zero-order chi connectivity index (χ0) is 23.6. The molecule has 0 aromatic carbocycles. The van der Waals surface area contributed by atoms with Crippen LogP contribution in [0.5, 0.6) is 0 Å². The lowest BCUT2D eigenvalue weighted by Crippen LogP contribution is -2.52. The van der Waals surface area contributed by atoms with E-state index < -0.39 is 0 Å². The number of hydrogen-bond donors (Lipinski definition) is 2. The summed E-state index contributed by atoms with van der Waals surface area (Å²) >= 11 is 0. The molecule has 4 aliphatic heterocycles. The largest absolute Gasteiger partial charge is 0.315 e. The predicted octanol–water partition coefficient (Wildman–Crippen LogP) is 3.39. The highest BCUT2D eigenvalue weighted by atomic mass is 16.1. The summed E-state index contributed by atoms with van der Waals surface area (Å²) < 4.78 is 0. The molecule has 0 amide bonds. The van der Waals surface area contributed by atoms with Crippen LogP contribution in [-0.4, -0.2) is 85.3 Å². The summed E-state index contributed by atoms with van der Waals surface area (Å²) in [6, 6.07) is 0.227. The summed E-state index contributed by atoms with van der Waals surface area (Å²) in [6.07, 6.45) is 13.4. The standard InChI is InChI=1S/C11H21NO.C8H16N2.C7H13NO/c1-4-5-7-11(10(2)13)8-6-9-12(11)3;1-3-8(7-9-5-1)4-2-6-10-8;1-6(9)7-4-3-5-8(7)2/h4-9H2,1-3H3;9-10H,1-7H2;7H,3-5H2,1-2H3. The lowest BCUT2D eigenvalue weighted by Gasteiger charge is -2.34. The fourth-order valence-corrected chi connectivity index (χ4v) is 6.04. The van der Waals surface area contributed by atoms with Gasteiger partial charge in [0.15, 0.2) is 0 Å². The van der Waals surface area contributed by atoms with Gasteiger partial charge in [0.2, 0.25) is 0 Å². The van der Waals surface area contributed by atoms with Gasteiger partial charge in [0.1, 0.15) is 11.6 Å². The van der Waals surface area contributed by atoms with Crippen LogP contribution in [0.15, 0.2) is 0 Å². The Labute approximate surface area is 197 Å². The van der Waals surface area contributed by atoms with Crippen molar-refractivity contribution in [2.45, 2.75) is 109 Å². The number of Topliss-reactive ketones (excluding diaryl/α,β-unsaturated/α-hetero) is 2. The Morgan fingerprint density at radius 2 is 1.69 bits per heavy atom. The lowest BCUT2D eigenvalue weighted by atomic mass is 9.86. The lowest BCUT2D eigenvalue weighted by molar-refractivity contribution is -0.127. The number of rotatable bonds is 5. The van der Waals surface area contributed by atoms with E-state index in [-0.39, 0.29) is 11.6 Å². The molecule has 4 saturated heterocycles. The highest BCUT2D eigenvalue weighted by Gasteiger charge is 2.42. The van der Waals surface area contributed by atoms with Crippen molar-refractivity contribution in [3.63, 3.8) is 0 Å². The molecule has 0 aromatic rings. The average Bonchev–Trinajstić information content (AvgIpc) is 3.49. The Morgan fingerprint density at radius 3 is 2.09 bits per heavy atom. The smallest absolute Gasteiger partial charge is 0.150 e. The normalized spacial score (nSPS) is 32.8. The highest BCUT2D eigenvalue weighted by molar-refractivity contribution is 5.86. The van der Waals surface area contributed by atoms with E-state index in [1.807, 2.05) is 7.05 Å². The maximum absolute atomic E-state index is 11.6. The molecule has 3 atom stereocenters. The van der Waals surface area contributed by atoms with Gasteiger partial charge in [-0.3, -0.25) is 19.4 Å². The van der Waals surface area contributed by atoms with Gasteiger partial charge >= 0.3 is 0 Å². The maximum Gasteiger partial charge on any atom is 0.150 e. The van der Waals surface area contributed by atoms with Gasteiger partial charge in [-0.15, -0.1) is 0 Å². The summed E-state index contributed by atoms with van der Waals surface area (Å²) in [6.45, 7) is 11.4. The van der Waals surface area contributed by atoms with Crippen molar-refractivity contribution < 1.29 is 9.59 Å². The number of likely N-dealkylation sites (N-methyl/N-ethyl adjacent to an activating group) is 2. The number of carbonyl (C=O) groups excluding carboxylic acids is 2. The number of likely N-dealkylation sites (tertiary alicyclic amines) is 2. The molecule has 6 nitrogen and oxygen atoms in total. The van der Waals surface area contributed by atoms with Crippen molar-refractivity contribution >= 4 is 11.6 Å². The third-order valence-electron chi connectivity index (χ3n) is 8.21. The van der Waals surface area contributed by atoms with E-state index in [0.717, 1.165) is 32.4 Å². The Bertz CT molecular complexity index is 582. The zero-order valence-corrected chi connectivity index (χ0v) is 21.6. The number of hydrogen-bond acceptors (Lipinski definition) is 6. The van der Waals surface area contributed by atoms with Crippen LogP contribution in [0.3, 0.4) is 0 Å². The first-order chi connectivity index (χ1) is 15.3. The molecule has 3 unspecified atom stereocenters. The van der Waals surface area contributed by atoms with E-state index in [0.29, 0.717) is 17.1 Å². The van der Waals surface area contributed by atoms with Gasteiger partial charge in [-0.2, -0.15) is 0 Å². The minimum atomic E-state index is -0.101. The maximum atomic E-state index is 11.6. The van der Waals surface area contributed by atoms with Gasteiger partial charge in [0.25, 0.3) is 0 Å². The summed E-state index contributed by atoms with van der Waals surface area (Å²) in [7, 11) is 4.10. The second-order valence-electron chi connectivity index (χ2n) is 10.6. The minimum absolute atomic E-state index is 0.101. The van der Waals surface area contributed by atoms with Gasteiger partial charge in [-0.1, -0.05) is 19.8 Å². The molecular weight excluding hydrogens is 400 g/mol. The Morgan fingerprint density at radius 1 is 0.969 bits per heavy atom. The molecule has 186 valence electrons. The molecule has 0 aliphatic carbocycles. The fourth-order valence-electron chi connectivity index (χ4n) is 6.04. The number of piperidine rings is 1. The van der Waals surface area contributed by atoms with E-state index in [1.165, 1.54) is 71.0 Å². The molecule has 0 radical (unpaired) electrons. The second kappa shape index (κ2) is 13.2. The molecular formula is C26H50N4O2. The molecule has 1 spiro atoms. The van der Waals surface area contributed by atoms with Crippen LogP contribution in [0.4, 0.5) is 0 Å². The Hall–Kier alpha value is -0.820. The van der Waals surface area contributed by atoms with Gasteiger partial charge < -0.3 is 10.6 Å². The molecule has 4 fully saturated rings. The monoisotopic (exact) mass is 450 g/mol. The van der Waals surface area contributed by atoms with Crippen LogP contribution in [0.25, 0.3) is 0 Å². The molecule has 32 heavy (non-hydrogen) atoms. The van der Waals surface area contributed by atoms with Crippen molar-refractivity contribution in [1.82, 2.24) is 20.4 Å². The number of ketones is 2. The highest BCUT2D eigenvalue weighted by Crippen LogP contribution is 2.33. The van der Waals surface area contributed by atoms with Crippen molar-refractivity contribution in [2.24, 2.45) is 0 Å². The minimum Gasteiger partial charge on any atom is -0.315 e. The molecule has 6 heteroatoms. The Balaban J connectivity index is 0.000000173. The first-order valence-electron chi connectivity index (χ1n) is 13.1. The van der Waals surface area contributed by atoms with Crippen LogP contribution < -0.4 is 10.6 Å². The van der Waals surface area contributed by atoms with Crippen LogP contribution >= 0.6 is 0 Å². The second-order valence-corrected chi connectivity index (χ2v) is 10.6.